The van der Waals surface area contributed by atoms with Crippen molar-refractivity contribution in [3.05, 3.63) is 47.5 Å². The van der Waals surface area contributed by atoms with E-state index in [9.17, 15) is 0 Å². The number of alkyl halides is 1. The van der Waals surface area contributed by atoms with Crippen LogP contribution in [0.2, 0.25) is 0 Å². The number of halogens is 1. The lowest BCUT2D eigenvalue weighted by molar-refractivity contribution is 1.22. The van der Waals surface area contributed by atoms with E-state index in [1.54, 1.807) is 0 Å². The summed E-state index contributed by atoms with van der Waals surface area (Å²) in [6, 6.07) is 14.7. The van der Waals surface area contributed by atoms with Crippen molar-refractivity contribution in [2.75, 3.05) is 0 Å². The summed E-state index contributed by atoms with van der Waals surface area (Å²) < 4.78 is 0. The highest BCUT2D eigenvalue weighted by Crippen LogP contribution is 2.22. The molecule has 2 aromatic carbocycles. The predicted octanol–water partition coefficient (Wildman–Crippen LogP) is 3.80. The molecule has 0 fully saturated rings. The Morgan fingerprint density at radius 3 is 2.20 bits per heavy atom. The molecule has 0 bridgehead atoms. The van der Waals surface area contributed by atoms with Gasteiger partial charge in [-0.1, -0.05) is 40.2 Å². The van der Waals surface area contributed by atoms with Gasteiger partial charge in [0.15, 0.2) is 0 Å². The number of benzene rings is 2. The molecule has 15 heavy (non-hydrogen) atoms. The van der Waals surface area contributed by atoms with Gasteiger partial charge in [0, 0.05) is 5.33 Å². The smallest absolute Gasteiger partial charge is 0.0669 e. The second kappa shape index (κ2) is 4.46. The zero-order valence-corrected chi connectivity index (χ0v) is 9.79. The molecular formula is C13H10BrN. The number of hydrogen-bond donors (Lipinski definition) is 0. The van der Waals surface area contributed by atoms with Gasteiger partial charge in [0.25, 0.3) is 0 Å². The maximum atomic E-state index is 8.75. The van der Waals surface area contributed by atoms with Gasteiger partial charge < -0.3 is 0 Å². The molecule has 0 aromatic heterocycles. The number of nitriles is 1. The summed E-state index contributed by atoms with van der Waals surface area (Å²) >= 11 is 3.45. The molecule has 0 radical (unpaired) electrons. The highest BCUT2D eigenvalue weighted by atomic mass is 79.9. The second-order valence-electron chi connectivity index (χ2n) is 3.44. The van der Waals surface area contributed by atoms with Gasteiger partial charge >= 0.3 is 0 Å². The molecule has 0 aliphatic rings. The first-order valence-corrected chi connectivity index (χ1v) is 5.91. The van der Waals surface area contributed by atoms with Crippen LogP contribution in [-0.4, -0.2) is 0 Å². The highest BCUT2D eigenvalue weighted by Gasteiger charge is 2.03. The summed E-state index contributed by atoms with van der Waals surface area (Å²) in [5.74, 6) is 0. The molecule has 2 aromatic rings. The lowest BCUT2D eigenvalue weighted by Gasteiger charge is -2.06. The Kier molecular flexibility index (Phi) is 3.03. The lowest BCUT2D eigenvalue weighted by atomic mass is 10.0. The average Bonchev–Trinajstić information content (AvgIpc) is 2.28. The topological polar surface area (TPSA) is 23.8 Å². The van der Waals surface area contributed by atoms with Gasteiger partial charge in [0.2, 0.25) is 0 Å². The summed E-state index contributed by atoms with van der Waals surface area (Å²) in [4.78, 5) is 0. The van der Waals surface area contributed by atoms with Crippen molar-refractivity contribution in [1.82, 2.24) is 0 Å². The molecule has 0 aliphatic carbocycles. The van der Waals surface area contributed by atoms with Gasteiger partial charge in [-0.05, 0) is 34.0 Å². The van der Waals surface area contributed by atoms with Gasteiger partial charge in [-0.2, -0.15) is 5.26 Å². The Hall–Kier alpha value is -1.33. The predicted molar refractivity (Wildman–Crippen MR) is 65.9 cm³/mol. The van der Waals surface area contributed by atoms with E-state index >= 15 is 0 Å². The molecular weight excluding hydrogens is 250 g/mol. The third-order valence-corrected chi connectivity index (χ3v) is 3.09. The Morgan fingerprint density at radius 2 is 1.67 bits per heavy atom. The van der Waals surface area contributed by atoms with Gasteiger partial charge in [-0.15, -0.1) is 0 Å². The van der Waals surface area contributed by atoms with Crippen molar-refractivity contribution in [2.45, 2.75) is 11.8 Å². The number of hydrogen-bond acceptors (Lipinski definition) is 1. The lowest BCUT2D eigenvalue weighted by Crippen LogP contribution is -1.90. The zero-order chi connectivity index (χ0) is 10.7. The molecule has 2 rings (SSSR count). The quantitative estimate of drug-likeness (QED) is 0.753. The van der Waals surface area contributed by atoms with Crippen LogP contribution in [0.25, 0.3) is 10.8 Å². The fourth-order valence-electron chi connectivity index (χ4n) is 1.71. The molecule has 0 saturated heterocycles. The van der Waals surface area contributed by atoms with Crippen LogP contribution >= 0.6 is 15.9 Å². The van der Waals surface area contributed by atoms with Crippen molar-refractivity contribution in [1.29, 1.82) is 5.26 Å². The SMILES string of the molecule is N#CCc1cc2ccccc2cc1CBr. The van der Waals surface area contributed by atoms with Crippen LogP contribution in [0.3, 0.4) is 0 Å². The van der Waals surface area contributed by atoms with E-state index in [1.807, 2.05) is 12.1 Å². The van der Waals surface area contributed by atoms with Crippen molar-refractivity contribution in [3.63, 3.8) is 0 Å². The second-order valence-corrected chi connectivity index (χ2v) is 4.00. The van der Waals surface area contributed by atoms with E-state index in [4.69, 9.17) is 5.26 Å². The molecule has 0 saturated carbocycles. The van der Waals surface area contributed by atoms with Crippen LogP contribution in [0.15, 0.2) is 36.4 Å². The van der Waals surface area contributed by atoms with Crippen molar-refractivity contribution in [2.24, 2.45) is 0 Å². The number of nitrogens with zero attached hydrogens (tertiary/aromatic N) is 1. The first kappa shape index (κ1) is 10.2. The molecule has 0 heterocycles. The molecule has 0 spiro atoms. The Morgan fingerprint density at radius 1 is 1.07 bits per heavy atom. The van der Waals surface area contributed by atoms with Crippen LogP contribution in [0, 0.1) is 11.3 Å². The molecule has 0 N–H and O–H groups in total. The van der Waals surface area contributed by atoms with Gasteiger partial charge in [0.05, 0.1) is 12.5 Å². The molecule has 0 amide bonds. The molecule has 0 unspecified atom stereocenters. The molecule has 1 nitrogen and oxygen atoms in total. The van der Waals surface area contributed by atoms with E-state index in [0.29, 0.717) is 6.42 Å². The third kappa shape index (κ3) is 2.03. The maximum absolute atomic E-state index is 8.75. The van der Waals surface area contributed by atoms with E-state index in [1.165, 1.54) is 16.3 Å². The van der Waals surface area contributed by atoms with Crippen LogP contribution in [0.5, 0.6) is 0 Å². The highest BCUT2D eigenvalue weighted by molar-refractivity contribution is 9.08. The minimum absolute atomic E-state index is 0.478. The summed E-state index contributed by atoms with van der Waals surface area (Å²) in [7, 11) is 0. The summed E-state index contributed by atoms with van der Waals surface area (Å²) in [5, 5.41) is 12.0. The molecule has 74 valence electrons. The first-order valence-electron chi connectivity index (χ1n) is 4.78. The number of fused-ring (bicyclic) bond motifs is 1. The van der Waals surface area contributed by atoms with Crippen molar-refractivity contribution < 1.29 is 0 Å². The monoisotopic (exact) mass is 259 g/mol. The van der Waals surface area contributed by atoms with Gasteiger partial charge in [0.1, 0.15) is 0 Å². The number of rotatable bonds is 2. The molecule has 0 atom stereocenters. The average molecular weight is 260 g/mol. The van der Waals surface area contributed by atoms with Crippen LogP contribution < -0.4 is 0 Å². The molecule has 0 aliphatic heterocycles. The minimum Gasteiger partial charge on any atom is -0.198 e. The van der Waals surface area contributed by atoms with E-state index in [-0.39, 0.29) is 0 Å². The minimum atomic E-state index is 0.478. The summed E-state index contributed by atoms with van der Waals surface area (Å²) in [6.45, 7) is 0. The summed E-state index contributed by atoms with van der Waals surface area (Å²) in [5.41, 5.74) is 2.32. The Labute approximate surface area is 97.5 Å². The fraction of sp³-hybridized carbons (Fsp3) is 0.154. The first-order chi connectivity index (χ1) is 7.35. The van der Waals surface area contributed by atoms with Crippen molar-refractivity contribution in [3.8, 4) is 6.07 Å². The molecule has 2 heteroatoms. The summed E-state index contributed by atoms with van der Waals surface area (Å²) in [6.07, 6.45) is 0.478. The van der Waals surface area contributed by atoms with Crippen LogP contribution in [0.4, 0.5) is 0 Å². The maximum Gasteiger partial charge on any atom is 0.0669 e. The van der Waals surface area contributed by atoms with Crippen LogP contribution in [-0.2, 0) is 11.8 Å². The zero-order valence-electron chi connectivity index (χ0n) is 8.20. The third-order valence-electron chi connectivity index (χ3n) is 2.48. The van der Waals surface area contributed by atoms with E-state index < -0.39 is 0 Å². The largest absolute Gasteiger partial charge is 0.198 e. The Balaban J connectivity index is 2.64. The Bertz CT molecular complexity index is 526. The van der Waals surface area contributed by atoms with E-state index in [2.05, 4.69) is 46.3 Å². The van der Waals surface area contributed by atoms with Gasteiger partial charge in [-0.3, -0.25) is 0 Å². The standard InChI is InChI=1S/C13H10BrN/c14-9-13-8-11-4-2-1-3-10(11)7-12(13)5-6-15/h1-4,7-8H,5,9H2. The van der Waals surface area contributed by atoms with E-state index in [0.717, 1.165) is 10.9 Å². The van der Waals surface area contributed by atoms with Crippen molar-refractivity contribution >= 4 is 26.7 Å². The normalized spacial score (nSPS) is 10.1. The fourth-order valence-corrected chi connectivity index (χ4v) is 2.23. The van der Waals surface area contributed by atoms with Crippen LogP contribution in [0.1, 0.15) is 11.1 Å². The van der Waals surface area contributed by atoms with Gasteiger partial charge in [-0.25, -0.2) is 0 Å².